The van der Waals surface area contributed by atoms with Crippen LogP contribution < -0.4 is 10.5 Å². The topological polar surface area (TPSA) is 72.2 Å². The Balaban J connectivity index is 3.09. The highest BCUT2D eigenvalue weighted by Gasteiger charge is 2.21. The third-order valence-corrected chi connectivity index (χ3v) is 5.56. The lowest BCUT2D eigenvalue weighted by molar-refractivity contribution is 0.580. The maximum atomic E-state index is 12.3. The van der Waals surface area contributed by atoms with Gasteiger partial charge in [-0.2, -0.15) is 11.8 Å². The lowest BCUT2D eigenvalue weighted by Crippen LogP contribution is -2.30. The van der Waals surface area contributed by atoms with Crippen LogP contribution in [0.15, 0.2) is 17.0 Å². The zero-order chi connectivity index (χ0) is 13.9. The van der Waals surface area contributed by atoms with E-state index in [2.05, 4.69) is 4.72 Å². The molecule has 0 aromatic heterocycles. The van der Waals surface area contributed by atoms with Gasteiger partial charge < -0.3 is 5.73 Å². The summed E-state index contributed by atoms with van der Waals surface area (Å²) in [5, 5.41) is 0.237. The first-order valence-corrected chi connectivity index (χ1v) is 8.45. The molecule has 0 saturated carbocycles. The molecular formula is C12H20N2O2S2. The Labute approximate surface area is 113 Å². The highest BCUT2D eigenvalue weighted by Crippen LogP contribution is 2.24. The van der Waals surface area contributed by atoms with Crippen LogP contribution in [0.4, 0.5) is 5.69 Å². The van der Waals surface area contributed by atoms with Gasteiger partial charge in [-0.05, 0) is 37.3 Å². The van der Waals surface area contributed by atoms with Crippen molar-refractivity contribution < 1.29 is 8.42 Å². The highest BCUT2D eigenvalue weighted by atomic mass is 32.2. The Morgan fingerprint density at radius 3 is 2.56 bits per heavy atom. The van der Waals surface area contributed by atoms with E-state index in [0.717, 1.165) is 0 Å². The third kappa shape index (κ3) is 3.40. The number of sulfonamides is 1. The summed E-state index contributed by atoms with van der Waals surface area (Å²) < 4.78 is 27.2. The molecule has 0 heterocycles. The summed E-state index contributed by atoms with van der Waals surface area (Å²) in [6, 6.07) is 3.46. The summed E-state index contributed by atoms with van der Waals surface area (Å²) in [4.78, 5) is 0.302. The molecule has 1 atom stereocenters. The molecule has 0 spiro atoms. The Bertz CT molecular complexity index is 527. The van der Waals surface area contributed by atoms with Crippen molar-refractivity contribution in [1.82, 2.24) is 4.72 Å². The van der Waals surface area contributed by atoms with E-state index in [-0.39, 0.29) is 5.25 Å². The minimum Gasteiger partial charge on any atom is -0.398 e. The van der Waals surface area contributed by atoms with Crippen molar-refractivity contribution in [3.8, 4) is 0 Å². The van der Waals surface area contributed by atoms with Crippen molar-refractivity contribution in [1.29, 1.82) is 0 Å². The van der Waals surface area contributed by atoms with Crippen LogP contribution in [0.3, 0.4) is 0 Å². The molecule has 0 aliphatic heterocycles. The van der Waals surface area contributed by atoms with E-state index >= 15 is 0 Å². The van der Waals surface area contributed by atoms with Crippen molar-refractivity contribution in [3.05, 3.63) is 23.3 Å². The molecule has 4 nitrogen and oxygen atoms in total. The van der Waals surface area contributed by atoms with Crippen LogP contribution in [0.1, 0.15) is 18.1 Å². The molecule has 0 fully saturated rings. The molecule has 1 unspecified atom stereocenters. The fourth-order valence-electron chi connectivity index (χ4n) is 1.64. The summed E-state index contributed by atoms with van der Waals surface area (Å²) in [6.45, 7) is 5.90. The highest BCUT2D eigenvalue weighted by molar-refractivity contribution is 7.99. The molecule has 0 bridgehead atoms. The fraction of sp³-hybridized carbons (Fsp3) is 0.500. The van der Waals surface area contributed by atoms with E-state index in [9.17, 15) is 8.42 Å². The normalized spacial score (nSPS) is 13.6. The zero-order valence-corrected chi connectivity index (χ0v) is 12.8. The van der Waals surface area contributed by atoms with Crippen LogP contribution in [-0.2, 0) is 10.0 Å². The predicted molar refractivity (Wildman–Crippen MR) is 78.5 cm³/mol. The number of nitrogen functional groups attached to an aromatic ring is 1. The molecule has 1 aromatic rings. The maximum absolute atomic E-state index is 12.3. The minimum absolute atomic E-state index is 0.237. The molecular weight excluding hydrogens is 268 g/mol. The van der Waals surface area contributed by atoms with Gasteiger partial charge in [0.1, 0.15) is 0 Å². The number of nitrogens with one attached hydrogen (secondary N) is 1. The Kier molecular flexibility index (Phi) is 5.07. The van der Waals surface area contributed by atoms with Gasteiger partial charge in [-0.1, -0.05) is 13.0 Å². The summed E-state index contributed by atoms with van der Waals surface area (Å²) in [7, 11) is -3.49. The molecule has 0 aliphatic rings. The lowest BCUT2D eigenvalue weighted by atomic mass is 10.1. The monoisotopic (exact) mass is 288 g/mol. The standard InChI is InChI=1S/C12H20N2O2S2/c1-8-5-6-11(13)10(3)12(8)18(15,16)14-7-9(2)17-4/h5-6,9,14H,7,13H2,1-4H3. The second kappa shape index (κ2) is 5.95. The number of thioether (sulfide) groups is 1. The van der Waals surface area contributed by atoms with Crippen molar-refractivity contribution >= 4 is 27.5 Å². The molecule has 6 heteroatoms. The summed E-state index contributed by atoms with van der Waals surface area (Å²) >= 11 is 1.62. The molecule has 1 aromatic carbocycles. The average molecular weight is 288 g/mol. The number of rotatable bonds is 5. The Morgan fingerprint density at radius 2 is 2.00 bits per heavy atom. The van der Waals surface area contributed by atoms with Gasteiger partial charge in [0.2, 0.25) is 10.0 Å². The first kappa shape index (κ1) is 15.3. The summed E-state index contributed by atoms with van der Waals surface area (Å²) in [6.07, 6.45) is 1.95. The molecule has 3 N–H and O–H groups in total. The summed E-state index contributed by atoms with van der Waals surface area (Å²) in [5.41, 5.74) is 7.60. The van der Waals surface area contributed by atoms with E-state index in [0.29, 0.717) is 28.3 Å². The largest absolute Gasteiger partial charge is 0.398 e. The predicted octanol–water partition coefficient (Wildman–Crippen LogP) is 1.92. The van der Waals surface area contributed by atoms with Gasteiger partial charge in [0, 0.05) is 17.5 Å². The number of aryl methyl sites for hydroxylation is 1. The molecule has 0 radical (unpaired) electrons. The number of hydrogen-bond donors (Lipinski definition) is 2. The van der Waals surface area contributed by atoms with Gasteiger partial charge in [0.15, 0.2) is 0 Å². The molecule has 1 rings (SSSR count). The second-order valence-corrected chi connectivity index (χ2v) is 7.30. The van der Waals surface area contributed by atoms with Crippen molar-refractivity contribution in [2.24, 2.45) is 0 Å². The molecule has 102 valence electrons. The van der Waals surface area contributed by atoms with Gasteiger partial charge in [0.25, 0.3) is 0 Å². The summed E-state index contributed by atoms with van der Waals surface area (Å²) in [5.74, 6) is 0. The van der Waals surface area contributed by atoms with Gasteiger partial charge >= 0.3 is 0 Å². The first-order valence-electron chi connectivity index (χ1n) is 5.67. The smallest absolute Gasteiger partial charge is 0.241 e. The van der Waals surface area contributed by atoms with E-state index in [1.54, 1.807) is 37.7 Å². The van der Waals surface area contributed by atoms with E-state index in [1.165, 1.54) is 0 Å². The number of anilines is 1. The second-order valence-electron chi connectivity index (χ2n) is 4.32. The Morgan fingerprint density at radius 1 is 1.39 bits per heavy atom. The molecule has 0 aliphatic carbocycles. The van der Waals surface area contributed by atoms with Crippen LogP contribution in [0.5, 0.6) is 0 Å². The van der Waals surface area contributed by atoms with E-state index in [4.69, 9.17) is 5.73 Å². The molecule has 18 heavy (non-hydrogen) atoms. The van der Waals surface area contributed by atoms with E-state index < -0.39 is 10.0 Å². The van der Waals surface area contributed by atoms with Crippen molar-refractivity contribution in [2.45, 2.75) is 30.9 Å². The first-order chi connectivity index (χ1) is 8.29. The maximum Gasteiger partial charge on any atom is 0.241 e. The van der Waals surface area contributed by atoms with Gasteiger partial charge in [-0.25, -0.2) is 13.1 Å². The van der Waals surface area contributed by atoms with Crippen LogP contribution in [0, 0.1) is 13.8 Å². The van der Waals surface area contributed by atoms with Crippen molar-refractivity contribution in [2.75, 3.05) is 18.5 Å². The number of hydrogen-bond acceptors (Lipinski definition) is 4. The fourth-order valence-corrected chi connectivity index (χ4v) is 3.62. The van der Waals surface area contributed by atoms with Gasteiger partial charge in [-0.15, -0.1) is 0 Å². The third-order valence-electron chi connectivity index (χ3n) is 2.88. The van der Waals surface area contributed by atoms with Gasteiger partial charge in [-0.3, -0.25) is 0 Å². The number of benzene rings is 1. The molecule has 0 saturated heterocycles. The van der Waals surface area contributed by atoms with Crippen LogP contribution in [-0.4, -0.2) is 26.5 Å². The van der Waals surface area contributed by atoms with Crippen molar-refractivity contribution in [3.63, 3.8) is 0 Å². The minimum atomic E-state index is -3.49. The van der Waals surface area contributed by atoms with Crippen LogP contribution in [0.2, 0.25) is 0 Å². The van der Waals surface area contributed by atoms with Gasteiger partial charge in [0.05, 0.1) is 4.90 Å². The zero-order valence-electron chi connectivity index (χ0n) is 11.1. The Hall–Kier alpha value is -0.720. The van der Waals surface area contributed by atoms with E-state index in [1.807, 2.05) is 13.2 Å². The lowest BCUT2D eigenvalue weighted by Gasteiger charge is -2.15. The SMILES string of the molecule is CSC(C)CNS(=O)(=O)c1c(C)ccc(N)c1C. The van der Waals surface area contributed by atoms with Crippen LogP contribution in [0.25, 0.3) is 0 Å². The molecule has 0 amide bonds. The number of nitrogens with two attached hydrogens (primary N) is 1. The average Bonchev–Trinajstić information content (AvgIpc) is 2.31. The van der Waals surface area contributed by atoms with Crippen LogP contribution >= 0.6 is 11.8 Å². The quantitative estimate of drug-likeness (QED) is 0.812.